The second-order valence-corrected chi connectivity index (χ2v) is 3.37. The molecule has 0 spiro atoms. The smallest absolute Gasteiger partial charge is 0.314 e. The molecule has 0 aliphatic heterocycles. The monoisotopic (exact) mass is 171 g/mol. The summed E-state index contributed by atoms with van der Waals surface area (Å²) in [6.45, 7) is 5.17. The number of Topliss-reactive ketones (excluding diaryl/α,β-unsaturated/α-hetero) is 1. The summed E-state index contributed by atoms with van der Waals surface area (Å²) in [6.07, 6.45) is 0.269. The third kappa shape index (κ3) is 5.58. The molecule has 0 unspecified atom stereocenters. The topological polar surface area (TPSA) is 67.2 Å². The van der Waals surface area contributed by atoms with Crippen LogP contribution in [0.15, 0.2) is 0 Å². The lowest BCUT2D eigenvalue weighted by atomic mass is 10.2. The molecule has 0 saturated carbocycles. The molecule has 0 rings (SSSR count). The Bertz CT molecular complexity index is 203. The number of rotatable bonds is 3. The van der Waals surface area contributed by atoms with E-state index in [-0.39, 0.29) is 6.42 Å². The molecular weight excluding hydrogens is 158 g/mol. The minimum absolute atomic E-state index is 0.346. The zero-order valence-corrected chi connectivity index (χ0v) is 7.51. The van der Waals surface area contributed by atoms with Gasteiger partial charge in [0, 0.05) is 0 Å². The van der Waals surface area contributed by atoms with Gasteiger partial charge in [-0.25, -0.2) is 0 Å². The summed E-state index contributed by atoms with van der Waals surface area (Å²) in [5.74, 6) is -1.12. The van der Waals surface area contributed by atoms with Gasteiger partial charge in [-0.1, -0.05) is 0 Å². The first-order valence-corrected chi connectivity index (χ1v) is 3.60. The van der Waals surface area contributed by atoms with E-state index in [1.165, 1.54) is 0 Å². The second-order valence-electron chi connectivity index (χ2n) is 3.37. The van der Waals surface area contributed by atoms with Crippen LogP contribution < -0.4 is 0 Å². The fourth-order valence-corrected chi connectivity index (χ4v) is 0.571. The first-order chi connectivity index (χ1) is 5.35. The Balaban J connectivity index is 3.91. The Morgan fingerprint density at radius 3 is 2.25 bits per heavy atom. The molecule has 0 aromatic carbocycles. The Labute approximate surface area is 71.4 Å². The van der Waals surface area contributed by atoms with Crippen molar-refractivity contribution in [2.24, 2.45) is 0 Å². The van der Waals surface area contributed by atoms with E-state index < -0.39 is 17.4 Å². The van der Waals surface area contributed by atoms with Gasteiger partial charge in [-0.15, -0.1) is 0 Å². The number of ether oxygens (including phenoxy) is 1. The van der Waals surface area contributed by atoms with Crippen LogP contribution in [0.4, 0.5) is 0 Å². The molecule has 0 fully saturated rings. The number of esters is 1. The van der Waals surface area contributed by atoms with Crippen LogP contribution in [0, 0.1) is 5.41 Å². The van der Waals surface area contributed by atoms with Crippen molar-refractivity contribution in [1.82, 2.24) is 0 Å². The average Bonchev–Trinajstić information content (AvgIpc) is 1.82. The lowest BCUT2D eigenvalue weighted by Crippen LogP contribution is -2.25. The first-order valence-electron chi connectivity index (χ1n) is 3.60. The molecule has 0 bridgehead atoms. The largest absolute Gasteiger partial charge is 0.460 e. The van der Waals surface area contributed by atoms with Gasteiger partial charge >= 0.3 is 5.97 Å². The van der Waals surface area contributed by atoms with E-state index >= 15 is 0 Å². The third-order valence-corrected chi connectivity index (χ3v) is 0.900. The van der Waals surface area contributed by atoms with Crippen molar-refractivity contribution in [1.29, 1.82) is 5.41 Å². The maximum atomic E-state index is 10.9. The van der Waals surface area contributed by atoms with E-state index in [1.807, 2.05) is 0 Å². The summed E-state index contributed by atoms with van der Waals surface area (Å²) in [4.78, 5) is 21.4. The van der Waals surface area contributed by atoms with Gasteiger partial charge in [0.15, 0.2) is 5.78 Å². The number of hydrogen-bond donors (Lipinski definition) is 1. The fraction of sp³-hybridized carbons (Fsp3) is 0.625. The standard InChI is InChI=1S/C8H13NO3/c1-8(2,3)12-7(11)4-6(10)5-9/h5,9H,4H2,1-3H3. The van der Waals surface area contributed by atoms with E-state index in [4.69, 9.17) is 10.1 Å². The van der Waals surface area contributed by atoms with Gasteiger partial charge in [0.05, 0.1) is 6.21 Å². The quantitative estimate of drug-likeness (QED) is 0.390. The highest BCUT2D eigenvalue weighted by molar-refractivity contribution is 6.30. The Morgan fingerprint density at radius 1 is 1.42 bits per heavy atom. The number of nitrogens with one attached hydrogen (secondary N) is 1. The minimum atomic E-state index is -0.587. The van der Waals surface area contributed by atoms with Gasteiger partial charge < -0.3 is 10.1 Å². The van der Waals surface area contributed by atoms with Gasteiger partial charge in [-0.05, 0) is 20.8 Å². The number of carbonyl (C=O) groups excluding carboxylic acids is 2. The van der Waals surface area contributed by atoms with Crippen molar-refractivity contribution >= 4 is 18.0 Å². The molecule has 0 aliphatic carbocycles. The van der Waals surface area contributed by atoms with Crippen molar-refractivity contribution in [2.75, 3.05) is 0 Å². The first kappa shape index (κ1) is 10.8. The van der Waals surface area contributed by atoms with Crippen LogP contribution in [-0.4, -0.2) is 23.6 Å². The second kappa shape index (κ2) is 3.99. The highest BCUT2D eigenvalue weighted by atomic mass is 16.6. The molecule has 68 valence electrons. The third-order valence-electron chi connectivity index (χ3n) is 0.900. The Hall–Kier alpha value is -1.19. The zero-order valence-electron chi connectivity index (χ0n) is 7.51. The van der Waals surface area contributed by atoms with E-state index in [0.717, 1.165) is 0 Å². The van der Waals surface area contributed by atoms with Crippen molar-refractivity contribution in [3.63, 3.8) is 0 Å². The van der Waals surface area contributed by atoms with E-state index in [2.05, 4.69) is 0 Å². The molecule has 0 aromatic rings. The van der Waals surface area contributed by atoms with Gasteiger partial charge in [0.1, 0.15) is 12.0 Å². The number of carbonyl (C=O) groups is 2. The summed E-state index contributed by atoms with van der Waals surface area (Å²) < 4.78 is 4.85. The van der Waals surface area contributed by atoms with Crippen molar-refractivity contribution in [3.05, 3.63) is 0 Å². The average molecular weight is 171 g/mol. The summed E-state index contributed by atoms with van der Waals surface area (Å²) in [5, 5.41) is 6.55. The van der Waals surface area contributed by atoms with Crippen molar-refractivity contribution < 1.29 is 14.3 Å². The Morgan fingerprint density at radius 2 is 1.92 bits per heavy atom. The summed E-state index contributed by atoms with van der Waals surface area (Å²) in [5.41, 5.74) is -0.570. The SMILES string of the molecule is CC(C)(C)OC(=O)CC(=O)C=N. The summed E-state index contributed by atoms with van der Waals surface area (Å²) in [6, 6.07) is 0. The van der Waals surface area contributed by atoms with Gasteiger partial charge in [0.2, 0.25) is 0 Å². The molecule has 12 heavy (non-hydrogen) atoms. The molecule has 0 atom stereocenters. The molecule has 0 radical (unpaired) electrons. The van der Waals surface area contributed by atoms with Crippen LogP contribution in [0.1, 0.15) is 27.2 Å². The van der Waals surface area contributed by atoms with Crippen LogP contribution in [-0.2, 0) is 14.3 Å². The van der Waals surface area contributed by atoms with Crippen molar-refractivity contribution in [2.45, 2.75) is 32.8 Å². The molecule has 0 aromatic heterocycles. The van der Waals surface area contributed by atoms with Gasteiger partial charge in [0.25, 0.3) is 0 Å². The van der Waals surface area contributed by atoms with Crippen LogP contribution in [0.3, 0.4) is 0 Å². The Kier molecular flexibility index (Phi) is 3.60. The van der Waals surface area contributed by atoms with E-state index in [9.17, 15) is 9.59 Å². The molecule has 4 nitrogen and oxygen atoms in total. The predicted octanol–water partition coefficient (Wildman–Crippen LogP) is 0.937. The zero-order chi connectivity index (χ0) is 9.78. The van der Waals surface area contributed by atoms with Gasteiger partial charge in [-0.2, -0.15) is 0 Å². The summed E-state index contributed by atoms with van der Waals surface area (Å²) >= 11 is 0. The summed E-state index contributed by atoms with van der Waals surface area (Å²) in [7, 11) is 0. The molecule has 0 heterocycles. The lowest BCUT2D eigenvalue weighted by molar-refractivity contribution is -0.155. The van der Waals surface area contributed by atoms with Crippen molar-refractivity contribution in [3.8, 4) is 0 Å². The van der Waals surface area contributed by atoms with Crippen LogP contribution in [0.2, 0.25) is 0 Å². The maximum absolute atomic E-state index is 10.9. The molecule has 0 saturated heterocycles. The lowest BCUT2D eigenvalue weighted by Gasteiger charge is -2.18. The van der Waals surface area contributed by atoms with Crippen LogP contribution in [0.5, 0.6) is 0 Å². The number of ketones is 1. The highest BCUT2D eigenvalue weighted by Crippen LogP contribution is 2.07. The van der Waals surface area contributed by atoms with Crippen LogP contribution >= 0.6 is 0 Å². The molecule has 0 amide bonds. The van der Waals surface area contributed by atoms with E-state index in [0.29, 0.717) is 6.21 Å². The van der Waals surface area contributed by atoms with Gasteiger partial charge in [-0.3, -0.25) is 9.59 Å². The normalized spacial score (nSPS) is 10.6. The van der Waals surface area contributed by atoms with E-state index in [1.54, 1.807) is 20.8 Å². The molecule has 4 heteroatoms. The predicted molar refractivity (Wildman–Crippen MR) is 44.3 cm³/mol. The fourth-order valence-electron chi connectivity index (χ4n) is 0.571. The minimum Gasteiger partial charge on any atom is -0.460 e. The molecule has 0 aliphatic rings. The highest BCUT2D eigenvalue weighted by Gasteiger charge is 2.17. The van der Waals surface area contributed by atoms with Crippen LogP contribution in [0.25, 0.3) is 0 Å². The molecule has 1 N–H and O–H groups in total. The molecular formula is C8H13NO3. The number of hydrogen-bond acceptors (Lipinski definition) is 4. The maximum Gasteiger partial charge on any atom is 0.314 e.